The molecule has 0 saturated carbocycles. The van der Waals surface area contributed by atoms with Gasteiger partial charge in [-0.2, -0.15) is 0 Å². The number of hydrogen-bond acceptors (Lipinski definition) is 5. The topological polar surface area (TPSA) is 73.2 Å². The highest BCUT2D eigenvalue weighted by Gasteiger charge is 2.17. The Labute approximate surface area is 158 Å². The molecule has 1 saturated heterocycles. The van der Waals surface area contributed by atoms with Crippen LogP contribution in [0.4, 0.5) is 0 Å². The molecule has 0 radical (unpaired) electrons. The summed E-state index contributed by atoms with van der Waals surface area (Å²) in [6.07, 6.45) is 2.17. The fourth-order valence-corrected chi connectivity index (χ4v) is 4.03. The lowest BCUT2D eigenvalue weighted by Crippen LogP contribution is -2.33. The molecule has 134 valence electrons. The third kappa shape index (κ3) is 4.43. The second kappa shape index (κ2) is 8.33. The van der Waals surface area contributed by atoms with Gasteiger partial charge in [-0.3, -0.25) is 14.2 Å². The molecule has 1 fully saturated rings. The Morgan fingerprint density at radius 3 is 3.08 bits per heavy atom. The van der Waals surface area contributed by atoms with Crippen molar-refractivity contribution in [1.82, 2.24) is 14.9 Å². The van der Waals surface area contributed by atoms with Gasteiger partial charge in [0.15, 0.2) is 5.16 Å². The maximum absolute atomic E-state index is 12.6. The van der Waals surface area contributed by atoms with E-state index in [4.69, 9.17) is 4.74 Å². The smallest absolute Gasteiger partial charge is 0.262 e. The lowest BCUT2D eigenvalue weighted by molar-refractivity contribution is -0.119. The first kappa shape index (κ1) is 18.4. The monoisotopic (exact) mass is 425 g/mol. The van der Waals surface area contributed by atoms with Crippen LogP contribution >= 0.6 is 27.7 Å². The van der Waals surface area contributed by atoms with Crippen LogP contribution in [0.15, 0.2) is 32.6 Å². The standard InChI is InChI=1S/C17H20BrN3O3S/c1-2-21-16(23)13-8-11(18)5-6-14(13)20-17(21)25-10-15(22)19-9-12-4-3-7-24-12/h5-6,8,12H,2-4,7,9-10H2,1H3,(H,19,22)/t12-/m1/s1. The lowest BCUT2D eigenvalue weighted by Gasteiger charge is -2.12. The molecule has 3 rings (SSSR count). The van der Waals surface area contributed by atoms with E-state index >= 15 is 0 Å². The number of hydrogen-bond donors (Lipinski definition) is 1. The minimum absolute atomic E-state index is 0.0756. The second-order valence-electron chi connectivity index (χ2n) is 5.83. The van der Waals surface area contributed by atoms with E-state index in [2.05, 4.69) is 26.2 Å². The molecule has 0 unspecified atom stereocenters. The zero-order valence-corrected chi connectivity index (χ0v) is 16.4. The highest BCUT2D eigenvalue weighted by atomic mass is 79.9. The number of carbonyl (C=O) groups is 1. The molecule has 1 aromatic carbocycles. The first-order valence-corrected chi connectivity index (χ1v) is 10.1. The van der Waals surface area contributed by atoms with E-state index in [0.29, 0.717) is 29.1 Å². The Kier molecular flexibility index (Phi) is 6.14. The molecule has 2 heterocycles. The van der Waals surface area contributed by atoms with Crippen LogP contribution in [0.3, 0.4) is 0 Å². The van der Waals surface area contributed by atoms with Crippen LogP contribution in [-0.4, -0.2) is 40.5 Å². The number of benzene rings is 1. The molecule has 6 nitrogen and oxygen atoms in total. The van der Waals surface area contributed by atoms with Crippen LogP contribution in [0.2, 0.25) is 0 Å². The molecular formula is C17H20BrN3O3S. The molecule has 1 aliphatic heterocycles. The summed E-state index contributed by atoms with van der Waals surface area (Å²) < 4.78 is 7.94. The summed E-state index contributed by atoms with van der Waals surface area (Å²) in [6.45, 7) is 3.72. The number of halogens is 1. The van der Waals surface area contributed by atoms with E-state index < -0.39 is 0 Å². The molecule has 8 heteroatoms. The van der Waals surface area contributed by atoms with Crippen molar-refractivity contribution >= 4 is 44.5 Å². The summed E-state index contributed by atoms with van der Waals surface area (Å²) in [7, 11) is 0. The molecule has 1 atom stereocenters. The molecule has 0 bridgehead atoms. The van der Waals surface area contributed by atoms with Crippen molar-refractivity contribution in [2.75, 3.05) is 18.9 Å². The summed E-state index contributed by atoms with van der Waals surface area (Å²) in [5, 5.41) is 4.02. The summed E-state index contributed by atoms with van der Waals surface area (Å²) >= 11 is 4.66. The van der Waals surface area contributed by atoms with Gasteiger partial charge in [0.2, 0.25) is 5.91 Å². The van der Waals surface area contributed by atoms with Gasteiger partial charge in [0.1, 0.15) is 0 Å². The third-order valence-corrected chi connectivity index (χ3v) is 5.55. The van der Waals surface area contributed by atoms with Gasteiger partial charge >= 0.3 is 0 Å². The van der Waals surface area contributed by atoms with Crippen molar-refractivity contribution in [1.29, 1.82) is 0 Å². The predicted molar refractivity (Wildman–Crippen MR) is 102 cm³/mol. The zero-order valence-electron chi connectivity index (χ0n) is 14.0. The van der Waals surface area contributed by atoms with Crippen LogP contribution in [0, 0.1) is 0 Å². The van der Waals surface area contributed by atoms with Gasteiger partial charge in [-0.25, -0.2) is 4.98 Å². The highest BCUT2D eigenvalue weighted by molar-refractivity contribution is 9.10. The van der Waals surface area contributed by atoms with E-state index in [0.717, 1.165) is 23.9 Å². The minimum Gasteiger partial charge on any atom is -0.376 e. The van der Waals surface area contributed by atoms with Gasteiger partial charge < -0.3 is 10.1 Å². The van der Waals surface area contributed by atoms with Crippen LogP contribution in [0.25, 0.3) is 10.9 Å². The largest absolute Gasteiger partial charge is 0.376 e. The number of fused-ring (bicyclic) bond motifs is 1. The molecule has 0 aliphatic carbocycles. The average Bonchev–Trinajstić information content (AvgIpc) is 3.12. The van der Waals surface area contributed by atoms with Crippen molar-refractivity contribution < 1.29 is 9.53 Å². The van der Waals surface area contributed by atoms with Crippen molar-refractivity contribution in [3.8, 4) is 0 Å². The number of aromatic nitrogens is 2. The molecule has 25 heavy (non-hydrogen) atoms. The maximum atomic E-state index is 12.6. The Morgan fingerprint density at radius 2 is 2.36 bits per heavy atom. The number of ether oxygens (including phenoxy) is 1. The fraction of sp³-hybridized carbons (Fsp3) is 0.471. The third-order valence-electron chi connectivity index (χ3n) is 4.08. The highest BCUT2D eigenvalue weighted by Crippen LogP contribution is 2.20. The number of nitrogens with one attached hydrogen (secondary N) is 1. The molecule has 0 spiro atoms. The van der Waals surface area contributed by atoms with Gasteiger partial charge in [0.25, 0.3) is 5.56 Å². The van der Waals surface area contributed by atoms with Crippen LogP contribution in [0.1, 0.15) is 19.8 Å². The van der Waals surface area contributed by atoms with Crippen LogP contribution in [0.5, 0.6) is 0 Å². The van der Waals surface area contributed by atoms with Crippen LogP contribution in [-0.2, 0) is 16.1 Å². The number of nitrogens with zero attached hydrogens (tertiary/aromatic N) is 2. The summed E-state index contributed by atoms with van der Waals surface area (Å²) in [4.78, 5) is 29.3. The van der Waals surface area contributed by atoms with E-state index in [1.165, 1.54) is 11.8 Å². The Balaban J connectivity index is 1.70. The van der Waals surface area contributed by atoms with Gasteiger partial charge in [-0.05, 0) is 38.0 Å². The molecular weight excluding hydrogens is 406 g/mol. The number of carbonyl (C=O) groups excluding carboxylic acids is 1. The number of rotatable bonds is 6. The van der Waals surface area contributed by atoms with Crippen LogP contribution < -0.4 is 10.9 Å². The molecule has 2 aromatic rings. The predicted octanol–water partition coefficient (Wildman–Crippen LogP) is 2.57. The summed E-state index contributed by atoms with van der Waals surface area (Å²) in [5.41, 5.74) is 0.552. The molecule has 1 N–H and O–H groups in total. The first-order chi connectivity index (χ1) is 12.1. The number of amides is 1. The average molecular weight is 426 g/mol. The van der Waals surface area contributed by atoms with Crippen molar-refractivity contribution in [3.05, 3.63) is 33.0 Å². The Morgan fingerprint density at radius 1 is 1.52 bits per heavy atom. The van der Waals surface area contributed by atoms with Gasteiger partial charge in [0, 0.05) is 24.2 Å². The Hall–Kier alpha value is -1.38. The van der Waals surface area contributed by atoms with E-state index in [9.17, 15) is 9.59 Å². The van der Waals surface area contributed by atoms with E-state index in [1.807, 2.05) is 19.1 Å². The molecule has 1 aliphatic rings. The molecule has 1 amide bonds. The number of thioether (sulfide) groups is 1. The van der Waals surface area contributed by atoms with Crippen molar-refractivity contribution in [3.63, 3.8) is 0 Å². The van der Waals surface area contributed by atoms with Crippen molar-refractivity contribution in [2.24, 2.45) is 0 Å². The quantitative estimate of drug-likeness (QED) is 0.568. The SMILES string of the molecule is CCn1c(SCC(=O)NC[C@H]2CCCO2)nc2ccc(Br)cc2c1=O. The Bertz CT molecular complexity index is 834. The summed E-state index contributed by atoms with van der Waals surface area (Å²) in [6, 6.07) is 5.44. The van der Waals surface area contributed by atoms with E-state index in [-0.39, 0.29) is 23.3 Å². The van der Waals surface area contributed by atoms with Gasteiger partial charge in [-0.1, -0.05) is 27.7 Å². The van der Waals surface area contributed by atoms with Crippen molar-refractivity contribution in [2.45, 2.75) is 37.6 Å². The zero-order chi connectivity index (χ0) is 17.8. The second-order valence-corrected chi connectivity index (χ2v) is 7.69. The molecule has 1 aromatic heterocycles. The minimum atomic E-state index is -0.0870. The lowest BCUT2D eigenvalue weighted by atomic mass is 10.2. The summed E-state index contributed by atoms with van der Waals surface area (Å²) in [5.74, 6) is 0.148. The van der Waals surface area contributed by atoms with Gasteiger partial charge in [0.05, 0.1) is 22.8 Å². The van der Waals surface area contributed by atoms with Gasteiger partial charge in [-0.15, -0.1) is 0 Å². The normalized spacial score (nSPS) is 17.1. The van der Waals surface area contributed by atoms with E-state index in [1.54, 1.807) is 10.6 Å². The maximum Gasteiger partial charge on any atom is 0.262 e. The fourth-order valence-electron chi connectivity index (χ4n) is 2.78. The first-order valence-electron chi connectivity index (χ1n) is 8.29.